The molecule has 1 unspecified atom stereocenters. The van der Waals surface area contributed by atoms with Crippen molar-refractivity contribution in [2.45, 2.75) is 45.6 Å². The Kier molecular flexibility index (Phi) is 7.83. The van der Waals surface area contributed by atoms with Crippen LogP contribution >= 0.6 is 0 Å². The molecule has 92 valence electrons. The van der Waals surface area contributed by atoms with E-state index in [0.29, 0.717) is 6.04 Å². The molecular formula is C10H19N3O3. The first-order valence-corrected chi connectivity index (χ1v) is 5.43. The largest absolute Gasteiger partial charge is 0.356 e. The number of aromatic nitrogens is 2. The molecule has 0 saturated heterocycles. The number of nitrogens with one attached hydrogen (secondary N) is 1. The first-order chi connectivity index (χ1) is 7.57. The minimum Gasteiger partial charge on any atom is -0.356 e. The molecule has 0 aliphatic carbocycles. The minimum atomic E-state index is -1.75. The van der Waals surface area contributed by atoms with Gasteiger partial charge in [0.1, 0.15) is 12.4 Å². The van der Waals surface area contributed by atoms with Gasteiger partial charge in [-0.3, -0.25) is 4.98 Å². The summed E-state index contributed by atoms with van der Waals surface area (Å²) in [5.41, 5.74) is 0. The van der Waals surface area contributed by atoms with Gasteiger partial charge in [-0.25, -0.2) is 4.57 Å². The van der Waals surface area contributed by atoms with Gasteiger partial charge in [0.05, 0.1) is 11.1 Å². The molecule has 0 aliphatic rings. The fraction of sp³-hybridized carbons (Fsp3) is 0.700. The number of nitrogens with zero attached hydrogens (tertiary/aromatic N) is 2. The summed E-state index contributed by atoms with van der Waals surface area (Å²) in [7, 11) is 0. The second-order valence-electron chi connectivity index (χ2n) is 3.63. The fourth-order valence-corrected chi connectivity index (χ4v) is 1.41. The molecule has 0 radical (unpaired) electrons. The van der Waals surface area contributed by atoms with Crippen molar-refractivity contribution in [3.63, 3.8) is 0 Å². The van der Waals surface area contributed by atoms with Crippen molar-refractivity contribution in [1.82, 2.24) is 4.98 Å². The predicted molar refractivity (Wildman–Crippen MR) is 60.2 cm³/mol. The molecule has 16 heavy (non-hydrogen) atoms. The number of H-pyrrole nitrogens is 1. The third-order valence-corrected chi connectivity index (χ3v) is 2.30. The first kappa shape index (κ1) is 14.4. The highest BCUT2D eigenvalue weighted by atomic mass is 16.9. The van der Waals surface area contributed by atoms with Crippen molar-refractivity contribution in [3.8, 4) is 0 Å². The Morgan fingerprint density at radius 3 is 2.50 bits per heavy atom. The average Bonchev–Trinajstić information content (AvgIpc) is 2.69. The maximum atomic E-state index is 8.25. The summed E-state index contributed by atoms with van der Waals surface area (Å²) < 4.78 is 2.23. The predicted octanol–water partition coefficient (Wildman–Crippen LogP) is 2.20. The summed E-state index contributed by atoms with van der Waals surface area (Å²) in [5, 5.41) is 14.8. The summed E-state index contributed by atoms with van der Waals surface area (Å²) in [4.78, 5) is 11.3. The standard InChI is InChI=1S/C10H18N2.NO3/c1-3-4-5-6-10(2)12-8-7-11-9-12;2-1(3)4/h7-10H,3-6H2,1-2H3;/q;-1/p+1. The van der Waals surface area contributed by atoms with Gasteiger partial charge in [0.25, 0.3) is 0 Å². The molecule has 6 heteroatoms. The lowest BCUT2D eigenvalue weighted by molar-refractivity contribution is -0.719. The van der Waals surface area contributed by atoms with Crippen LogP contribution in [0.1, 0.15) is 45.6 Å². The Balaban J connectivity index is 0.000000487. The van der Waals surface area contributed by atoms with Crippen molar-refractivity contribution < 1.29 is 9.65 Å². The highest BCUT2D eigenvalue weighted by Crippen LogP contribution is 2.08. The summed E-state index contributed by atoms with van der Waals surface area (Å²) in [6.07, 6.45) is 11.4. The normalized spacial score (nSPS) is 11.4. The van der Waals surface area contributed by atoms with Gasteiger partial charge in [-0.05, 0) is 19.8 Å². The van der Waals surface area contributed by atoms with E-state index in [1.54, 1.807) is 0 Å². The number of unbranched alkanes of at least 4 members (excludes halogenated alkanes) is 2. The van der Waals surface area contributed by atoms with Gasteiger partial charge in [-0.2, -0.15) is 0 Å². The van der Waals surface area contributed by atoms with Crippen molar-refractivity contribution in [3.05, 3.63) is 34.0 Å². The maximum absolute atomic E-state index is 8.25. The highest BCUT2D eigenvalue weighted by molar-refractivity contribution is 4.58. The van der Waals surface area contributed by atoms with E-state index in [2.05, 4.69) is 29.6 Å². The molecule has 0 saturated carbocycles. The summed E-state index contributed by atoms with van der Waals surface area (Å²) in [6, 6.07) is 0.641. The topological polar surface area (TPSA) is 85.9 Å². The molecule has 1 aromatic heterocycles. The van der Waals surface area contributed by atoms with Crippen LogP contribution in [0.4, 0.5) is 0 Å². The number of hydrogen-bond donors (Lipinski definition) is 1. The lowest BCUT2D eigenvalue weighted by atomic mass is 10.1. The van der Waals surface area contributed by atoms with Crippen molar-refractivity contribution in [2.24, 2.45) is 0 Å². The second-order valence-corrected chi connectivity index (χ2v) is 3.63. The molecule has 0 aliphatic heterocycles. The molecule has 1 aromatic rings. The van der Waals surface area contributed by atoms with Gasteiger partial charge >= 0.3 is 0 Å². The molecular weight excluding hydrogens is 210 g/mol. The molecule has 0 amide bonds. The smallest absolute Gasteiger partial charge is 0.241 e. The quantitative estimate of drug-likeness (QED) is 0.363. The van der Waals surface area contributed by atoms with Crippen LogP contribution < -0.4 is 4.57 Å². The summed E-state index contributed by atoms with van der Waals surface area (Å²) in [5.74, 6) is 0. The number of aromatic amines is 1. The zero-order valence-electron chi connectivity index (χ0n) is 9.76. The van der Waals surface area contributed by atoms with Gasteiger partial charge in [-0.15, -0.1) is 0 Å². The van der Waals surface area contributed by atoms with E-state index < -0.39 is 5.09 Å². The minimum absolute atomic E-state index is 0.641. The lowest BCUT2D eigenvalue weighted by Crippen LogP contribution is -2.34. The SMILES string of the molecule is CCCCCC(C)[n+]1cc[nH]c1.O=[N+]([O-])[O-]. The number of hydrogen-bond acceptors (Lipinski definition) is 3. The average molecular weight is 229 g/mol. The molecule has 6 nitrogen and oxygen atoms in total. The fourth-order valence-electron chi connectivity index (χ4n) is 1.41. The third-order valence-electron chi connectivity index (χ3n) is 2.30. The van der Waals surface area contributed by atoms with Crippen molar-refractivity contribution in [1.29, 1.82) is 0 Å². The van der Waals surface area contributed by atoms with E-state index in [9.17, 15) is 0 Å². The van der Waals surface area contributed by atoms with E-state index in [1.807, 2.05) is 12.5 Å². The molecule has 1 atom stereocenters. The van der Waals surface area contributed by atoms with Crippen LogP contribution in [0.25, 0.3) is 0 Å². The van der Waals surface area contributed by atoms with Gasteiger partial charge in [0.2, 0.25) is 6.33 Å². The third kappa shape index (κ3) is 7.78. The zero-order chi connectivity index (χ0) is 12.4. The van der Waals surface area contributed by atoms with Crippen molar-refractivity contribution in [2.75, 3.05) is 0 Å². The van der Waals surface area contributed by atoms with E-state index >= 15 is 0 Å². The van der Waals surface area contributed by atoms with Gasteiger partial charge < -0.3 is 15.3 Å². The van der Waals surface area contributed by atoms with E-state index in [4.69, 9.17) is 15.3 Å². The van der Waals surface area contributed by atoms with Gasteiger partial charge in [0, 0.05) is 0 Å². The van der Waals surface area contributed by atoms with Crippen LogP contribution in [0.15, 0.2) is 18.7 Å². The van der Waals surface area contributed by atoms with Crippen LogP contribution in [0.2, 0.25) is 0 Å². The van der Waals surface area contributed by atoms with Crippen LogP contribution in [-0.2, 0) is 0 Å². The van der Waals surface area contributed by atoms with Gasteiger partial charge in [-0.1, -0.05) is 19.8 Å². The van der Waals surface area contributed by atoms with E-state index in [1.165, 1.54) is 25.7 Å². The molecule has 0 aromatic carbocycles. The molecule has 1 rings (SSSR count). The van der Waals surface area contributed by atoms with Crippen LogP contribution in [0.5, 0.6) is 0 Å². The van der Waals surface area contributed by atoms with E-state index in [-0.39, 0.29) is 0 Å². The van der Waals surface area contributed by atoms with Crippen LogP contribution in [0, 0.1) is 15.3 Å². The Bertz CT molecular complexity index is 271. The Labute approximate surface area is 95.0 Å². The van der Waals surface area contributed by atoms with Gasteiger partial charge in [0.15, 0.2) is 0 Å². The molecule has 0 bridgehead atoms. The summed E-state index contributed by atoms with van der Waals surface area (Å²) in [6.45, 7) is 4.51. The summed E-state index contributed by atoms with van der Waals surface area (Å²) >= 11 is 0. The number of rotatable bonds is 5. The molecule has 0 spiro atoms. The second kappa shape index (κ2) is 8.70. The van der Waals surface area contributed by atoms with Crippen molar-refractivity contribution >= 4 is 0 Å². The first-order valence-electron chi connectivity index (χ1n) is 5.43. The maximum Gasteiger partial charge on any atom is 0.241 e. The monoisotopic (exact) mass is 229 g/mol. The lowest BCUT2D eigenvalue weighted by Gasteiger charge is -2.06. The molecule has 0 fully saturated rings. The van der Waals surface area contributed by atoms with Crippen LogP contribution in [0.3, 0.4) is 0 Å². The zero-order valence-corrected chi connectivity index (χ0v) is 9.76. The van der Waals surface area contributed by atoms with E-state index in [0.717, 1.165) is 0 Å². The molecule has 1 heterocycles. The Hall–Kier alpha value is -1.59. The van der Waals surface area contributed by atoms with Crippen LogP contribution in [-0.4, -0.2) is 10.1 Å². The molecule has 1 N–H and O–H groups in total. The Morgan fingerprint density at radius 2 is 2.06 bits per heavy atom. The number of imidazole rings is 1. The Morgan fingerprint density at radius 1 is 1.44 bits per heavy atom. The highest BCUT2D eigenvalue weighted by Gasteiger charge is 2.07.